The van der Waals surface area contributed by atoms with Crippen LogP contribution in [0.1, 0.15) is 213 Å². The Balaban J connectivity index is 4.47. The molecule has 0 saturated carbocycles. The molecule has 1 unspecified atom stereocenters. The first-order valence-corrected chi connectivity index (χ1v) is 23.5. The van der Waals surface area contributed by atoms with E-state index in [1.165, 1.54) is 89.9 Å². The van der Waals surface area contributed by atoms with Gasteiger partial charge in [0.15, 0.2) is 6.10 Å². The summed E-state index contributed by atoms with van der Waals surface area (Å²) in [6.45, 7) is 6.41. The van der Waals surface area contributed by atoms with E-state index in [1.54, 1.807) is 0 Å². The van der Waals surface area contributed by atoms with Crippen molar-refractivity contribution in [2.75, 3.05) is 13.2 Å². The normalized spacial score (nSPS) is 12.7. The molecule has 1 atom stereocenters. The summed E-state index contributed by atoms with van der Waals surface area (Å²) in [5, 5.41) is 0. The van der Waals surface area contributed by atoms with Gasteiger partial charge in [0, 0.05) is 19.3 Å². The van der Waals surface area contributed by atoms with Crippen LogP contribution in [0, 0.1) is 0 Å². The lowest BCUT2D eigenvalue weighted by Crippen LogP contribution is -2.30. The highest BCUT2D eigenvalue weighted by atomic mass is 16.6. The van der Waals surface area contributed by atoms with Crippen molar-refractivity contribution in [3.8, 4) is 0 Å². The first-order chi connectivity index (χ1) is 28.0. The Morgan fingerprint density at radius 1 is 0.368 bits per heavy atom. The number of carbonyl (C=O) groups excluding carboxylic acids is 3. The third kappa shape index (κ3) is 43.8. The Kier molecular flexibility index (Phi) is 43.0. The molecule has 0 aliphatic heterocycles. The van der Waals surface area contributed by atoms with Crippen molar-refractivity contribution in [1.82, 2.24) is 0 Å². The number of ether oxygens (including phenoxy) is 3. The van der Waals surface area contributed by atoms with E-state index in [-0.39, 0.29) is 37.5 Å². The molecule has 57 heavy (non-hydrogen) atoms. The lowest BCUT2D eigenvalue weighted by molar-refractivity contribution is -0.167. The number of esters is 3. The monoisotopic (exact) mass is 795 g/mol. The Labute approximate surface area is 351 Å². The smallest absolute Gasteiger partial charge is 0.306 e. The molecular formula is C51H86O6. The molecule has 0 aliphatic carbocycles. The van der Waals surface area contributed by atoms with Gasteiger partial charge in [-0.3, -0.25) is 14.4 Å². The maximum atomic E-state index is 12.7. The van der Waals surface area contributed by atoms with Gasteiger partial charge in [0.05, 0.1) is 0 Å². The molecule has 0 rings (SSSR count). The fraction of sp³-hybridized carbons (Fsp3) is 0.706. The number of hydrogen-bond donors (Lipinski definition) is 0. The van der Waals surface area contributed by atoms with Gasteiger partial charge in [-0.15, -0.1) is 0 Å². The highest BCUT2D eigenvalue weighted by Gasteiger charge is 2.19. The zero-order chi connectivity index (χ0) is 41.5. The molecule has 0 fully saturated rings. The molecule has 0 bridgehead atoms. The molecule has 0 aromatic carbocycles. The zero-order valence-electron chi connectivity index (χ0n) is 37.1. The fourth-order valence-corrected chi connectivity index (χ4v) is 6.27. The third-order valence-electron chi connectivity index (χ3n) is 9.82. The van der Waals surface area contributed by atoms with Gasteiger partial charge in [-0.2, -0.15) is 0 Å². The maximum absolute atomic E-state index is 12.7. The number of allylic oxidation sites excluding steroid dienone is 12. The van der Waals surface area contributed by atoms with Gasteiger partial charge >= 0.3 is 17.9 Å². The van der Waals surface area contributed by atoms with Crippen molar-refractivity contribution in [3.05, 3.63) is 72.9 Å². The van der Waals surface area contributed by atoms with Crippen LogP contribution in [0.4, 0.5) is 0 Å². The van der Waals surface area contributed by atoms with E-state index in [1.807, 2.05) is 36.5 Å². The van der Waals surface area contributed by atoms with Crippen molar-refractivity contribution in [2.24, 2.45) is 0 Å². The van der Waals surface area contributed by atoms with E-state index in [0.29, 0.717) is 19.3 Å². The van der Waals surface area contributed by atoms with Crippen molar-refractivity contribution in [3.63, 3.8) is 0 Å². The van der Waals surface area contributed by atoms with Crippen LogP contribution in [0.3, 0.4) is 0 Å². The zero-order valence-corrected chi connectivity index (χ0v) is 37.1. The Morgan fingerprint density at radius 2 is 0.684 bits per heavy atom. The molecular weight excluding hydrogens is 709 g/mol. The molecule has 0 amide bonds. The van der Waals surface area contributed by atoms with Crippen LogP contribution < -0.4 is 0 Å². The second-order valence-electron chi connectivity index (χ2n) is 15.4. The van der Waals surface area contributed by atoms with Gasteiger partial charge in [-0.25, -0.2) is 0 Å². The van der Waals surface area contributed by atoms with Crippen molar-refractivity contribution >= 4 is 17.9 Å². The third-order valence-corrected chi connectivity index (χ3v) is 9.82. The molecule has 6 nitrogen and oxygen atoms in total. The van der Waals surface area contributed by atoms with Crippen LogP contribution in [-0.4, -0.2) is 37.2 Å². The lowest BCUT2D eigenvalue weighted by Gasteiger charge is -2.18. The number of rotatable bonds is 41. The summed E-state index contributed by atoms with van der Waals surface area (Å²) in [6, 6.07) is 0. The van der Waals surface area contributed by atoms with E-state index in [2.05, 4.69) is 57.2 Å². The van der Waals surface area contributed by atoms with E-state index in [0.717, 1.165) is 77.0 Å². The van der Waals surface area contributed by atoms with Crippen LogP contribution in [0.25, 0.3) is 0 Å². The second-order valence-corrected chi connectivity index (χ2v) is 15.4. The summed E-state index contributed by atoms with van der Waals surface area (Å²) < 4.78 is 16.7. The minimum atomic E-state index is -0.802. The van der Waals surface area contributed by atoms with Crippen LogP contribution in [0.15, 0.2) is 72.9 Å². The van der Waals surface area contributed by atoms with Gasteiger partial charge < -0.3 is 14.2 Å². The van der Waals surface area contributed by atoms with E-state index < -0.39 is 6.10 Å². The van der Waals surface area contributed by atoms with Gasteiger partial charge in [0.25, 0.3) is 0 Å². The summed E-state index contributed by atoms with van der Waals surface area (Å²) in [5.74, 6) is -0.972. The molecule has 0 spiro atoms. The highest BCUT2D eigenvalue weighted by Crippen LogP contribution is 2.13. The van der Waals surface area contributed by atoms with Crippen molar-refractivity contribution in [1.29, 1.82) is 0 Å². The molecule has 0 heterocycles. The molecule has 0 aliphatic rings. The number of hydrogen-bond acceptors (Lipinski definition) is 6. The lowest BCUT2D eigenvalue weighted by atomic mass is 10.1. The highest BCUT2D eigenvalue weighted by molar-refractivity contribution is 5.71. The molecule has 0 saturated heterocycles. The predicted octanol–water partition coefficient (Wildman–Crippen LogP) is 15.1. The number of carbonyl (C=O) groups is 3. The van der Waals surface area contributed by atoms with Gasteiger partial charge in [-0.05, 0) is 64.2 Å². The van der Waals surface area contributed by atoms with Gasteiger partial charge in [0.2, 0.25) is 0 Å². The first-order valence-electron chi connectivity index (χ1n) is 23.5. The first kappa shape index (κ1) is 53.9. The predicted molar refractivity (Wildman–Crippen MR) is 242 cm³/mol. The van der Waals surface area contributed by atoms with Gasteiger partial charge in [0.1, 0.15) is 13.2 Å². The van der Waals surface area contributed by atoms with Crippen LogP contribution in [0.5, 0.6) is 0 Å². The summed E-state index contributed by atoms with van der Waals surface area (Å²) in [4.78, 5) is 37.7. The van der Waals surface area contributed by atoms with Crippen LogP contribution in [0.2, 0.25) is 0 Å². The summed E-state index contributed by atoms with van der Waals surface area (Å²) in [5.41, 5.74) is 0. The Hall–Kier alpha value is -3.15. The van der Waals surface area contributed by atoms with Crippen molar-refractivity contribution in [2.45, 2.75) is 219 Å². The molecule has 0 radical (unpaired) electrons. The molecule has 0 aromatic rings. The second kappa shape index (κ2) is 45.6. The van der Waals surface area contributed by atoms with Crippen LogP contribution >= 0.6 is 0 Å². The summed E-state index contributed by atoms with van der Waals surface area (Å²) in [7, 11) is 0. The molecule has 6 heteroatoms. The Bertz CT molecular complexity index is 1100. The van der Waals surface area contributed by atoms with Gasteiger partial charge in [-0.1, -0.05) is 203 Å². The van der Waals surface area contributed by atoms with E-state index in [9.17, 15) is 14.4 Å². The quantitative estimate of drug-likeness (QED) is 0.0265. The molecule has 326 valence electrons. The largest absolute Gasteiger partial charge is 0.462 e. The number of unbranched alkanes of at least 4 members (excludes halogenated alkanes) is 22. The Morgan fingerprint density at radius 3 is 1.11 bits per heavy atom. The van der Waals surface area contributed by atoms with E-state index in [4.69, 9.17) is 14.2 Å². The van der Waals surface area contributed by atoms with Crippen molar-refractivity contribution < 1.29 is 28.6 Å². The summed E-state index contributed by atoms with van der Waals surface area (Å²) in [6.07, 6.45) is 56.0. The van der Waals surface area contributed by atoms with Crippen LogP contribution in [-0.2, 0) is 28.6 Å². The minimum absolute atomic E-state index is 0.0994. The average molecular weight is 795 g/mol. The fourth-order valence-electron chi connectivity index (χ4n) is 6.27. The standard InChI is InChI=1S/C51H86O6/c1-4-7-10-13-16-19-22-24-25-26-28-29-32-35-38-41-44-50(53)56-47-48(46-55-49(52)43-40-37-34-31-21-18-15-12-9-6-3)57-51(54)45-42-39-36-33-30-27-23-20-17-14-11-8-5-2/h8,11,14,17,20,23,25-30,48H,4-7,9-10,12-13,15-16,18-19,21-22,24,31-47H2,1-3H3/b11-8-,17-14-,23-20-,26-25-,29-28-,30-27-. The molecule has 0 N–H and O–H groups in total. The SMILES string of the molecule is CC\C=C/C=C\C=C/C=C\CCCCCC(=O)OC(COC(=O)CCCCC/C=C\C=C/CCCCCCCCC)COC(=O)CCCCCCCCCCCC. The average Bonchev–Trinajstić information content (AvgIpc) is 3.21. The summed E-state index contributed by atoms with van der Waals surface area (Å²) >= 11 is 0. The van der Waals surface area contributed by atoms with E-state index >= 15 is 0 Å². The minimum Gasteiger partial charge on any atom is -0.462 e. The topological polar surface area (TPSA) is 78.9 Å². The molecule has 0 aromatic heterocycles. The maximum Gasteiger partial charge on any atom is 0.306 e.